The lowest BCUT2D eigenvalue weighted by atomic mass is 10.1. The van der Waals surface area contributed by atoms with Crippen LogP contribution in [0.15, 0.2) is 48.6 Å². The van der Waals surface area contributed by atoms with E-state index in [-0.39, 0.29) is 28.7 Å². The number of halogens is 4. The van der Waals surface area contributed by atoms with Crippen molar-refractivity contribution in [1.82, 2.24) is 0 Å². The number of hydrogen-bond donors (Lipinski definition) is 0. The van der Waals surface area contributed by atoms with Crippen LogP contribution in [0.2, 0.25) is 5.02 Å². The van der Waals surface area contributed by atoms with Gasteiger partial charge in [0.05, 0.1) is 22.1 Å². The molecule has 176 valence electrons. The van der Waals surface area contributed by atoms with Crippen molar-refractivity contribution >= 4 is 29.2 Å². The van der Waals surface area contributed by atoms with Gasteiger partial charge in [-0.3, -0.25) is 10.1 Å². The Hall–Kier alpha value is -3.60. The maximum absolute atomic E-state index is 12.8. The Balaban J connectivity index is 2.38. The molecular formula is C21H17ClF3NO7. The van der Waals surface area contributed by atoms with Gasteiger partial charge in [0.1, 0.15) is 17.1 Å². The normalized spacial score (nSPS) is 11.9. The number of benzene rings is 2. The van der Waals surface area contributed by atoms with Crippen LogP contribution < -0.4 is 4.74 Å². The molecule has 0 aromatic heterocycles. The minimum atomic E-state index is -4.62. The lowest BCUT2D eigenvalue weighted by Crippen LogP contribution is -2.30. The van der Waals surface area contributed by atoms with Gasteiger partial charge in [0.2, 0.25) is 6.10 Å². The number of carbonyl (C=O) groups excluding carboxylic acids is 2. The maximum Gasteiger partial charge on any atom is 0.416 e. The zero-order valence-corrected chi connectivity index (χ0v) is 18.0. The van der Waals surface area contributed by atoms with E-state index >= 15 is 0 Å². The van der Waals surface area contributed by atoms with Crippen LogP contribution in [0.5, 0.6) is 11.5 Å². The van der Waals surface area contributed by atoms with Crippen LogP contribution in [-0.4, -0.2) is 29.6 Å². The summed E-state index contributed by atoms with van der Waals surface area (Å²) in [6.07, 6.45) is -6.13. The molecule has 0 aliphatic heterocycles. The molecule has 0 amide bonds. The molecule has 33 heavy (non-hydrogen) atoms. The van der Waals surface area contributed by atoms with Crippen molar-refractivity contribution in [1.29, 1.82) is 0 Å². The zero-order valence-electron chi connectivity index (χ0n) is 17.3. The molecule has 12 heteroatoms. The number of alkyl halides is 3. The fourth-order valence-corrected chi connectivity index (χ4v) is 2.75. The van der Waals surface area contributed by atoms with Crippen LogP contribution in [0.25, 0.3) is 0 Å². The van der Waals surface area contributed by atoms with Gasteiger partial charge < -0.3 is 14.2 Å². The largest absolute Gasteiger partial charge is 0.463 e. The molecule has 0 N–H and O–H groups in total. The molecule has 1 unspecified atom stereocenters. The third-order valence-electron chi connectivity index (χ3n) is 4.04. The second-order valence-electron chi connectivity index (χ2n) is 6.56. The molecule has 0 fully saturated rings. The van der Waals surface area contributed by atoms with Gasteiger partial charge in [0.25, 0.3) is 5.69 Å². The van der Waals surface area contributed by atoms with E-state index in [1.54, 1.807) is 0 Å². The first-order chi connectivity index (χ1) is 15.3. The maximum atomic E-state index is 12.8. The van der Waals surface area contributed by atoms with Gasteiger partial charge in [0, 0.05) is 12.1 Å². The van der Waals surface area contributed by atoms with Crippen molar-refractivity contribution < 1.29 is 41.9 Å². The molecule has 0 radical (unpaired) electrons. The van der Waals surface area contributed by atoms with Crippen molar-refractivity contribution in [3.05, 3.63) is 74.8 Å². The first-order valence-corrected chi connectivity index (χ1v) is 9.59. The van der Waals surface area contributed by atoms with Crippen LogP contribution in [0, 0.1) is 10.1 Å². The Kier molecular flexibility index (Phi) is 8.04. The number of nitro benzene ring substituents is 1. The summed E-state index contributed by atoms with van der Waals surface area (Å²) < 4.78 is 53.7. The molecule has 0 bridgehead atoms. The van der Waals surface area contributed by atoms with Crippen molar-refractivity contribution in [3.8, 4) is 11.5 Å². The van der Waals surface area contributed by atoms with E-state index in [1.165, 1.54) is 13.8 Å². The summed E-state index contributed by atoms with van der Waals surface area (Å²) in [4.78, 5) is 35.1. The highest BCUT2D eigenvalue weighted by molar-refractivity contribution is 6.32. The summed E-state index contributed by atoms with van der Waals surface area (Å²) >= 11 is 5.85. The SMILES string of the molecule is C=C(C)C(OC(=O)c1cc(Oc2ccc(C(F)(F)F)cc2Cl)ccc1[N+](=O)[O-])C(=O)OCC. The fourth-order valence-electron chi connectivity index (χ4n) is 2.53. The first-order valence-electron chi connectivity index (χ1n) is 9.21. The molecule has 2 aromatic carbocycles. The van der Waals surface area contributed by atoms with Gasteiger partial charge in [-0.2, -0.15) is 13.2 Å². The van der Waals surface area contributed by atoms with E-state index in [9.17, 15) is 32.9 Å². The van der Waals surface area contributed by atoms with Crippen LogP contribution in [-0.2, 0) is 20.4 Å². The third-order valence-corrected chi connectivity index (χ3v) is 4.34. The van der Waals surface area contributed by atoms with E-state index in [4.69, 9.17) is 25.8 Å². The zero-order chi connectivity index (χ0) is 24.9. The monoisotopic (exact) mass is 487 g/mol. The molecule has 0 saturated carbocycles. The Morgan fingerprint density at radius 2 is 1.88 bits per heavy atom. The van der Waals surface area contributed by atoms with Crippen molar-refractivity contribution in [2.24, 2.45) is 0 Å². The Morgan fingerprint density at radius 3 is 2.39 bits per heavy atom. The summed E-state index contributed by atoms with van der Waals surface area (Å²) in [6, 6.07) is 5.33. The highest BCUT2D eigenvalue weighted by atomic mass is 35.5. The molecule has 1 atom stereocenters. The highest BCUT2D eigenvalue weighted by Crippen LogP contribution is 2.37. The van der Waals surface area contributed by atoms with E-state index in [0.29, 0.717) is 6.07 Å². The Morgan fingerprint density at radius 1 is 1.21 bits per heavy atom. The quantitative estimate of drug-likeness (QED) is 0.203. The number of nitrogens with zero attached hydrogens (tertiary/aromatic N) is 1. The molecule has 8 nitrogen and oxygen atoms in total. The van der Waals surface area contributed by atoms with Crippen LogP contribution in [0.3, 0.4) is 0 Å². The summed E-state index contributed by atoms with van der Waals surface area (Å²) in [5, 5.41) is 11.0. The van der Waals surface area contributed by atoms with Gasteiger partial charge in [0.15, 0.2) is 0 Å². The van der Waals surface area contributed by atoms with Gasteiger partial charge in [-0.25, -0.2) is 9.59 Å². The van der Waals surface area contributed by atoms with E-state index < -0.39 is 46.0 Å². The number of hydrogen-bond acceptors (Lipinski definition) is 7. The predicted molar refractivity (Wildman–Crippen MR) is 110 cm³/mol. The van der Waals surface area contributed by atoms with Gasteiger partial charge in [-0.05, 0) is 43.7 Å². The molecule has 0 aliphatic carbocycles. The van der Waals surface area contributed by atoms with E-state index in [2.05, 4.69) is 6.58 Å². The molecule has 2 aromatic rings. The summed E-state index contributed by atoms with van der Waals surface area (Å²) in [7, 11) is 0. The van der Waals surface area contributed by atoms with Gasteiger partial charge in [-0.1, -0.05) is 18.2 Å². The number of carbonyl (C=O) groups is 2. The average molecular weight is 488 g/mol. The van der Waals surface area contributed by atoms with Crippen LogP contribution in [0.1, 0.15) is 29.8 Å². The molecule has 0 aliphatic rings. The molecule has 2 rings (SSSR count). The summed E-state index contributed by atoms with van der Waals surface area (Å²) in [6.45, 7) is 6.47. The predicted octanol–water partition coefficient (Wildman–Crippen LogP) is 5.72. The lowest BCUT2D eigenvalue weighted by Gasteiger charge is -2.17. The minimum absolute atomic E-state index is 0.00246. The molecule has 0 heterocycles. The van der Waals surface area contributed by atoms with Gasteiger partial charge >= 0.3 is 18.1 Å². The topological polar surface area (TPSA) is 105 Å². The van der Waals surface area contributed by atoms with E-state index in [0.717, 1.165) is 30.3 Å². The van der Waals surface area contributed by atoms with Crippen LogP contribution >= 0.6 is 11.6 Å². The van der Waals surface area contributed by atoms with Crippen LogP contribution in [0.4, 0.5) is 18.9 Å². The smallest absolute Gasteiger partial charge is 0.416 e. The third kappa shape index (κ3) is 6.45. The van der Waals surface area contributed by atoms with Crippen molar-refractivity contribution in [2.45, 2.75) is 26.1 Å². The number of nitro groups is 1. The van der Waals surface area contributed by atoms with Crippen molar-refractivity contribution in [3.63, 3.8) is 0 Å². The summed E-state index contributed by atoms with van der Waals surface area (Å²) in [5.41, 5.74) is -2.11. The highest BCUT2D eigenvalue weighted by Gasteiger charge is 2.32. The lowest BCUT2D eigenvalue weighted by molar-refractivity contribution is -0.385. The average Bonchev–Trinajstić information content (AvgIpc) is 2.72. The first kappa shape index (κ1) is 25.7. The second kappa shape index (κ2) is 10.3. The standard InChI is InChI=1S/C21H17ClF3NO7/c1-4-31-20(28)18(11(2)3)33-19(27)14-10-13(6-7-16(14)26(29)30)32-17-8-5-12(9-15(17)22)21(23,24)25/h5-10,18H,2,4H2,1,3H3. The summed E-state index contributed by atoms with van der Waals surface area (Å²) in [5.74, 6) is -2.50. The minimum Gasteiger partial charge on any atom is -0.463 e. The van der Waals surface area contributed by atoms with E-state index in [1.807, 2.05) is 0 Å². The molecule has 0 spiro atoms. The molecule has 0 saturated heterocycles. The number of ether oxygens (including phenoxy) is 3. The Bertz CT molecular complexity index is 1100. The Labute approximate surface area is 190 Å². The van der Waals surface area contributed by atoms with Gasteiger partial charge in [-0.15, -0.1) is 0 Å². The number of rotatable bonds is 8. The second-order valence-corrected chi connectivity index (χ2v) is 6.97. The molecular weight excluding hydrogens is 471 g/mol. The fraction of sp³-hybridized carbons (Fsp3) is 0.238. The van der Waals surface area contributed by atoms with Crippen molar-refractivity contribution in [2.75, 3.05) is 6.61 Å². The number of esters is 2.